The molecular formula is C6H5ClN2O3. The zero-order chi connectivity index (χ0) is 9.40. The molecule has 0 saturated carbocycles. The van der Waals surface area contributed by atoms with Gasteiger partial charge in [-0.1, -0.05) is 0 Å². The van der Waals surface area contributed by atoms with Crippen molar-refractivity contribution in [1.29, 1.82) is 0 Å². The Labute approximate surface area is 73.1 Å². The van der Waals surface area contributed by atoms with Gasteiger partial charge in [-0.05, 0) is 17.7 Å². The molecule has 0 spiro atoms. The number of carbonyl (C=O) groups is 1. The highest BCUT2D eigenvalue weighted by molar-refractivity contribution is 6.54. The van der Waals surface area contributed by atoms with Crippen LogP contribution in [0.2, 0.25) is 0 Å². The zero-order valence-electron chi connectivity index (χ0n) is 5.88. The monoisotopic (exact) mass is 188 g/mol. The number of pyridine rings is 1. The lowest BCUT2D eigenvalue weighted by atomic mass is 10.4. The summed E-state index contributed by atoms with van der Waals surface area (Å²) >= 11 is 4.32. The second-order valence-electron chi connectivity index (χ2n) is 1.56. The lowest BCUT2D eigenvalue weighted by Gasteiger charge is -1.84. The zero-order valence-corrected chi connectivity index (χ0v) is 6.64. The van der Waals surface area contributed by atoms with E-state index in [9.17, 15) is 10.1 Å². The van der Waals surface area contributed by atoms with Crippen LogP contribution in [0.5, 0.6) is 0 Å². The van der Waals surface area contributed by atoms with Crippen molar-refractivity contribution in [1.82, 2.24) is 4.98 Å². The van der Waals surface area contributed by atoms with Crippen molar-refractivity contribution in [2.75, 3.05) is 0 Å². The minimum Gasteiger partial charge on any atom is -0.285 e. The van der Waals surface area contributed by atoms with Gasteiger partial charge in [-0.3, -0.25) is 19.9 Å². The molecule has 0 aliphatic heterocycles. The predicted molar refractivity (Wildman–Crippen MR) is 43.5 cm³/mol. The Balaban J connectivity index is 0.000000354. The molecule has 0 radical (unpaired) electrons. The molecule has 0 fully saturated rings. The second-order valence-corrected chi connectivity index (χ2v) is 1.74. The number of nitro groups is 1. The highest BCUT2D eigenvalue weighted by Gasteiger charge is 1.99. The lowest BCUT2D eigenvalue weighted by molar-refractivity contribution is -0.385. The van der Waals surface area contributed by atoms with Crippen molar-refractivity contribution in [3.05, 3.63) is 34.6 Å². The largest absolute Gasteiger partial charge is 0.287 e. The molecule has 0 aliphatic rings. The highest BCUT2D eigenvalue weighted by atomic mass is 35.5. The van der Waals surface area contributed by atoms with Gasteiger partial charge in [-0.15, -0.1) is 0 Å². The first-order chi connectivity index (χ1) is 5.72. The Morgan fingerprint density at radius 1 is 1.67 bits per heavy atom. The molecule has 0 amide bonds. The van der Waals surface area contributed by atoms with E-state index in [4.69, 9.17) is 4.79 Å². The van der Waals surface area contributed by atoms with E-state index in [1.165, 1.54) is 24.5 Å². The molecule has 1 rings (SSSR count). The van der Waals surface area contributed by atoms with E-state index >= 15 is 0 Å². The topological polar surface area (TPSA) is 73.1 Å². The summed E-state index contributed by atoms with van der Waals surface area (Å²) in [5.41, 5.74) is 0.0255. The molecule has 0 aliphatic carbocycles. The van der Waals surface area contributed by atoms with Crippen molar-refractivity contribution in [3.63, 3.8) is 0 Å². The summed E-state index contributed by atoms with van der Waals surface area (Å²) in [5, 5.41) is 9.97. The first-order valence-corrected chi connectivity index (χ1v) is 3.24. The lowest BCUT2D eigenvalue weighted by Crippen LogP contribution is -1.86. The summed E-state index contributed by atoms with van der Waals surface area (Å²) in [6.45, 7) is 0. The van der Waals surface area contributed by atoms with Crippen molar-refractivity contribution in [3.8, 4) is 0 Å². The van der Waals surface area contributed by atoms with Crippen LogP contribution in [0, 0.1) is 10.1 Å². The number of rotatable bonds is 1. The van der Waals surface area contributed by atoms with Gasteiger partial charge < -0.3 is 0 Å². The van der Waals surface area contributed by atoms with Crippen LogP contribution in [-0.4, -0.2) is 15.7 Å². The van der Waals surface area contributed by atoms with Gasteiger partial charge in [0.15, 0.2) is 0 Å². The molecule has 1 aromatic heterocycles. The van der Waals surface area contributed by atoms with Gasteiger partial charge in [0.05, 0.1) is 4.92 Å². The van der Waals surface area contributed by atoms with Crippen LogP contribution in [-0.2, 0) is 4.79 Å². The summed E-state index contributed by atoms with van der Waals surface area (Å²) in [6.07, 6.45) is 2.70. The van der Waals surface area contributed by atoms with Gasteiger partial charge in [0.1, 0.15) is 6.20 Å². The van der Waals surface area contributed by atoms with Crippen LogP contribution in [0.4, 0.5) is 5.69 Å². The summed E-state index contributed by atoms with van der Waals surface area (Å²) < 4.78 is 0. The van der Waals surface area contributed by atoms with E-state index in [0.717, 1.165) is 0 Å². The van der Waals surface area contributed by atoms with Crippen LogP contribution < -0.4 is 0 Å². The molecule has 0 aromatic carbocycles. The Morgan fingerprint density at radius 2 is 2.25 bits per heavy atom. The third-order valence-corrected chi connectivity index (χ3v) is 0.857. The normalized spacial score (nSPS) is 7.75. The SMILES string of the molecule is O=CCl.O=[N+]([O-])c1cccnc1. The number of nitrogens with zero attached hydrogens (tertiary/aromatic N) is 2. The van der Waals surface area contributed by atoms with Gasteiger partial charge in [-0.2, -0.15) is 0 Å². The fourth-order valence-electron chi connectivity index (χ4n) is 0.462. The van der Waals surface area contributed by atoms with Crippen molar-refractivity contribution in [2.45, 2.75) is 0 Å². The average molecular weight is 189 g/mol. The molecule has 0 unspecified atom stereocenters. The molecule has 12 heavy (non-hydrogen) atoms. The van der Waals surface area contributed by atoms with E-state index in [1.54, 1.807) is 0 Å². The van der Waals surface area contributed by atoms with Crippen LogP contribution in [0.1, 0.15) is 0 Å². The van der Waals surface area contributed by atoms with Crippen molar-refractivity contribution in [2.24, 2.45) is 0 Å². The molecule has 0 atom stereocenters. The third-order valence-electron chi connectivity index (χ3n) is 0.857. The number of carbonyl (C=O) groups excluding carboxylic acids is 1. The molecule has 1 heterocycles. The summed E-state index contributed by atoms with van der Waals surface area (Å²) in [4.78, 5) is 21.6. The van der Waals surface area contributed by atoms with Gasteiger partial charge >= 0.3 is 0 Å². The Hall–Kier alpha value is -1.49. The maximum atomic E-state index is 9.97. The van der Waals surface area contributed by atoms with Gasteiger partial charge in [0, 0.05) is 12.3 Å². The predicted octanol–water partition coefficient (Wildman–Crippen LogP) is 1.41. The number of aromatic nitrogens is 1. The van der Waals surface area contributed by atoms with E-state index < -0.39 is 4.92 Å². The number of hydrogen-bond donors (Lipinski definition) is 0. The maximum Gasteiger partial charge on any atom is 0.287 e. The smallest absolute Gasteiger partial charge is 0.285 e. The quantitative estimate of drug-likeness (QED) is 0.289. The molecule has 5 nitrogen and oxygen atoms in total. The molecule has 1 aromatic rings. The fraction of sp³-hybridized carbons (Fsp3) is 0. The fourth-order valence-corrected chi connectivity index (χ4v) is 0.462. The molecule has 6 heteroatoms. The van der Waals surface area contributed by atoms with E-state index in [-0.39, 0.29) is 11.4 Å². The summed E-state index contributed by atoms with van der Waals surface area (Å²) in [6, 6.07) is 2.92. The van der Waals surface area contributed by atoms with Gasteiger partial charge in [-0.25, -0.2) is 0 Å². The average Bonchev–Trinajstić information content (AvgIpc) is 2.07. The first kappa shape index (κ1) is 10.5. The first-order valence-electron chi connectivity index (χ1n) is 2.80. The number of hydrogen-bond acceptors (Lipinski definition) is 4. The van der Waals surface area contributed by atoms with Crippen LogP contribution >= 0.6 is 11.6 Å². The van der Waals surface area contributed by atoms with Crippen molar-refractivity contribution < 1.29 is 9.72 Å². The van der Waals surface area contributed by atoms with Crippen LogP contribution in [0.15, 0.2) is 24.5 Å². The third kappa shape index (κ3) is 4.35. The Kier molecular flexibility index (Phi) is 5.46. The molecular weight excluding hydrogens is 184 g/mol. The van der Waals surface area contributed by atoms with Gasteiger partial charge in [0.25, 0.3) is 5.69 Å². The Bertz CT molecular complexity index is 252. The minimum absolute atomic E-state index is 0.0255. The van der Waals surface area contributed by atoms with Gasteiger partial charge in [0.2, 0.25) is 5.75 Å². The standard InChI is InChI=1S/C5H4N2O2.CHClO/c8-7(9)5-2-1-3-6-4-5;2-1-3/h1-4H;1H. The van der Waals surface area contributed by atoms with E-state index in [2.05, 4.69) is 16.6 Å². The van der Waals surface area contributed by atoms with Crippen LogP contribution in [0.25, 0.3) is 0 Å². The minimum atomic E-state index is -0.479. The highest BCUT2D eigenvalue weighted by Crippen LogP contribution is 2.04. The second kappa shape index (κ2) is 6.23. The molecule has 0 bridgehead atoms. The van der Waals surface area contributed by atoms with E-state index in [1.807, 2.05) is 0 Å². The van der Waals surface area contributed by atoms with Crippen molar-refractivity contribution >= 4 is 23.0 Å². The molecule has 0 N–H and O–H groups in total. The summed E-state index contributed by atoms with van der Waals surface area (Å²) in [7, 11) is 0. The maximum absolute atomic E-state index is 9.97. The molecule has 64 valence electrons. The molecule has 0 saturated heterocycles. The van der Waals surface area contributed by atoms with Crippen LogP contribution in [0.3, 0.4) is 0 Å². The number of halogens is 1. The summed E-state index contributed by atoms with van der Waals surface area (Å²) in [5.74, 6) is 0.222. The Morgan fingerprint density at radius 3 is 2.50 bits per heavy atom. The van der Waals surface area contributed by atoms with E-state index in [0.29, 0.717) is 0 Å².